The number of nitrogens with zero attached hydrogens (tertiary/aromatic N) is 11. The smallest absolute Gasteiger partial charge is 0.245 e. The lowest BCUT2D eigenvalue weighted by Crippen LogP contribution is -2.48. The van der Waals surface area contributed by atoms with Crippen molar-refractivity contribution in [2.75, 3.05) is 69.3 Å². The quantitative estimate of drug-likeness (QED) is 0.264. The number of pyridine rings is 1. The number of carbonyl (C=O) groups is 1. The number of nitrogens with one attached hydrogen (secondary N) is 1. The van der Waals surface area contributed by atoms with Crippen molar-refractivity contribution in [1.82, 2.24) is 48.4 Å². The maximum Gasteiger partial charge on any atom is 0.245 e. The van der Waals surface area contributed by atoms with Crippen molar-refractivity contribution in [3.63, 3.8) is 0 Å². The minimum Gasteiger partial charge on any atom is -0.365 e. The van der Waals surface area contributed by atoms with Gasteiger partial charge < -0.3 is 24.6 Å². The van der Waals surface area contributed by atoms with Crippen molar-refractivity contribution < 1.29 is 22.0 Å². The van der Waals surface area contributed by atoms with E-state index in [0.29, 0.717) is 87.7 Å². The van der Waals surface area contributed by atoms with Gasteiger partial charge in [0.05, 0.1) is 34.6 Å². The van der Waals surface area contributed by atoms with E-state index in [1.165, 1.54) is 33.7 Å². The van der Waals surface area contributed by atoms with E-state index in [4.69, 9.17) is 9.97 Å². The fourth-order valence-electron chi connectivity index (χ4n) is 8.42. The highest BCUT2D eigenvalue weighted by Gasteiger charge is 2.40. The van der Waals surface area contributed by atoms with Crippen LogP contribution in [0.25, 0.3) is 39.0 Å². The number of para-hydroxylation sites is 1. The summed E-state index contributed by atoms with van der Waals surface area (Å²) < 4.78 is 57.9. The predicted octanol–water partition coefficient (Wildman–Crippen LogP) is 3.55. The molecule has 1 N–H and O–H groups in total. The highest BCUT2D eigenvalue weighted by atomic mass is 32.2. The fraction of sp³-hybridized carbons (Fsp3) is 0.385. The Morgan fingerprint density at radius 2 is 1.77 bits per heavy atom. The normalized spacial score (nSPS) is 19.9. The van der Waals surface area contributed by atoms with Gasteiger partial charge in [0.2, 0.25) is 15.9 Å². The zero-order valence-corrected chi connectivity index (χ0v) is 32.4. The standard InChI is InChI=1S/C39H42F2N12O3S/c1-48-13-5-14-51-35(12-15-49-16-18-50(19-17-49)57(2,55)56)47-31-8-3-6-27(36(31)51)30-7-4-9-34(46-30)45-26-21-33(39(48)54)52(23-26)37-28-22-44-53(38(28)43-24-42-37)32-11-10-25(40)20-29(32)41/h3-4,6-11,20,22,24,26,33H,5,12-19,21,23H2,1-2H3,(H,45,46)/t26-,33-/m0/s1. The summed E-state index contributed by atoms with van der Waals surface area (Å²) in [5, 5.41) is 8.53. The molecule has 0 saturated carbocycles. The van der Waals surface area contributed by atoms with E-state index in [-0.39, 0.29) is 17.6 Å². The number of hydrogen-bond donors (Lipinski definition) is 1. The Balaban J connectivity index is 1.03. The molecule has 2 aromatic carbocycles. The van der Waals surface area contributed by atoms with E-state index in [2.05, 4.69) is 35.9 Å². The lowest BCUT2D eigenvalue weighted by molar-refractivity contribution is -0.131. The number of amides is 1. The van der Waals surface area contributed by atoms with Crippen molar-refractivity contribution in [2.45, 2.75) is 37.9 Å². The molecule has 0 radical (unpaired) electrons. The summed E-state index contributed by atoms with van der Waals surface area (Å²) in [4.78, 5) is 39.7. The number of benzene rings is 2. The molecule has 0 spiro atoms. The summed E-state index contributed by atoms with van der Waals surface area (Å²) in [6.45, 7) is 4.51. The Bertz CT molecular complexity index is 2610. The average Bonchev–Trinajstić information content (AvgIpc) is 3.92. The Morgan fingerprint density at radius 3 is 2.58 bits per heavy atom. The van der Waals surface area contributed by atoms with E-state index >= 15 is 0 Å². The fourth-order valence-corrected chi connectivity index (χ4v) is 9.25. The van der Waals surface area contributed by atoms with Gasteiger partial charge in [-0.05, 0) is 43.2 Å². The van der Waals surface area contributed by atoms with Crippen LogP contribution in [0.15, 0.2) is 67.1 Å². The summed E-state index contributed by atoms with van der Waals surface area (Å²) in [5.74, 6) is 0.540. The lowest BCUT2D eigenvalue weighted by atomic mass is 10.1. The first-order valence-electron chi connectivity index (χ1n) is 19.1. The van der Waals surface area contributed by atoms with E-state index in [9.17, 15) is 22.0 Å². The van der Waals surface area contributed by atoms with Gasteiger partial charge in [-0.2, -0.15) is 9.40 Å². The second-order valence-electron chi connectivity index (χ2n) is 15.0. The Morgan fingerprint density at radius 1 is 0.947 bits per heavy atom. The van der Waals surface area contributed by atoms with Gasteiger partial charge in [-0.1, -0.05) is 18.2 Å². The third-order valence-electron chi connectivity index (χ3n) is 11.3. The second-order valence-corrected chi connectivity index (χ2v) is 16.9. The molecule has 6 aromatic rings. The second kappa shape index (κ2) is 14.7. The van der Waals surface area contributed by atoms with Crippen LogP contribution in [0.2, 0.25) is 0 Å². The van der Waals surface area contributed by atoms with E-state index in [1.807, 2.05) is 42.3 Å². The van der Waals surface area contributed by atoms with Crippen molar-refractivity contribution in [1.29, 1.82) is 0 Å². The van der Waals surface area contributed by atoms with Crippen LogP contribution in [-0.2, 0) is 27.8 Å². The molecule has 57 heavy (non-hydrogen) atoms. The van der Waals surface area contributed by atoms with Gasteiger partial charge in [-0.3, -0.25) is 4.79 Å². The first kappa shape index (κ1) is 37.0. The van der Waals surface area contributed by atoms with Crippen molar-refractivity contribution in [3.05, 3.63) is 84.6 Å². The Hall–Kier alpha value is -5.59. The number of likely N-dealkylation sites (N-methyl/N-ethyl adjacent to an activating group) is 1. The molecule has 9 rings (SSSR count). The van der Waals surface area contributed by atoms with E-state index in [1.54, 1.807) is 11.1 Å². The number of aryl methyl sites for hydroxylation is 1. The van der Waals surface area contributed by atoms with E-state index < -0.39 is 27.7 Å². The van der Waals surface area contributed by atoms with Gasteiger partial charge in [0.1, 0.15) is 41.3 Å². The Labute approximate surface area is 328 Å². The average molecular weight is 797 g/mol. The van der Waals surface area contributed by atoms with Crippen LogP contribution in [0.4, 0.5) is 20.4 Å². The summed E-state index contributed by atoms with van der Waals surface area (Å²) in [6.07, 6.45) is 5.99. The van der Waals surface area contributed by atoms with Crippen LogP contribution in [0.3, 0.4) is 0 Å². The van der Waals surface area contributed by atoms with Gasteiger partial charge >= 0.3 is 0 Å². The largest absolute Gasteiger partial charge is 0.365 e. The number of fused-ring (bicyclic) bond motifs is 6. The molecule has 18 heteroatoms. The molecular formula is C39H42F2N12O3S. The van der Waals surface area contributed by atoms with Crippen LogP contribution in [-0.4, -0.2) is 134 Å². The van der Waals surface area contributed by atoms with Gasteiger partial charge in [0.15, 0.2) is 11.5 Å². The molecule has 0 unspecified atom stereocenters. The Kier molecular flexibility index (Phi) is 9.56. The lowest BCUT2D eigenvalue weighted by Gasteiger charge is -2.33. The predicted molar refractivity (Wildman–Crippen MR) is 212 cm³/mol. The molecule has 3 aliphatic rings. The first-order chi connectivity index (χ1) is 27.5. The van der Waals surface area contributed by atoms with Crippen LogP contribution < -0.4 is 10.2 Å². The highest BCUT2D eigenvalue weighted by molar-refractivity contribution is 7.88. The number of anilines is 2. The number of carbonyl (C=O) groups excluding carboxylic acids is 1. The summed E-state index contributed by atoms with van der Waals surface area (Å²) in [7, 11) is -1.40. The van der Waals surface area contributed by atoms with Gasteiger partial charge in [-0.25, -0.2) is 41.8 Å². The van der Waals surface area contributed by atoms with Crippen LogP contribution >= 0.6 is 0 Å². The van der Waals surface area contributed by atoms with E-state index in [0.717, 1.165) is 40.7 Å². The third-order valence-corrected chi connectivity index (χ3v) is 12.6. The molecule has 0 aliphatic carbocycles. The third kappa shape index (κ3) is 7.05. The molecule has 7 heterocycles. The number of rotatable bonds is 6. The maximum atomic E-state index is 14.9. The number of hydrogen-bond acceptors (Lipinski definition) is 11. The monoisotopic (exact) mass is 796 g/mol. The zero-order chi connectivity index (χ0) is 39.4. The van der Waals surface area contributed by atoms with Crippen LogP contribution in [0, 0.1) is 11.6 Å². The van der Waals surface area contributed by atoms with Gasteiger partial charge in [0.25, 0.3) is 0 Å². The molecule has 4 bridgehead atoms. The molecular weight excluding hydrogens is 755 g/mol. The number of sulfonamides is 1. The minimum absolute atomic E-state index is 0.0455. The zero-order valence-electron chi connectivity index (χ0n) is 31.6. The number of halogens is 2. The van der Waals surface area contributed by atoms with Crippen LogP contribution in [0.5, 0.6) is 0 Å². The summed E-state index contributed by atoms with van der Waals surface area (Å²) >= 11 is 0. The first-order valence-corrected chi connectivity index (χ1v) is 20.9. The number of piperazine rings is 1. The summed E-state index contributed by atoms with van der Waals surface area (Å²) in [6, 6.07) is 14.5. The highest BCUT2D eigenvalue weighted by Crippen LogP contribution is 2.34. The SMILES string of the molecule is CN1CCCn2c(CCN3CCN(S(C)(=O)=O)CC3)nc3cccc(c32)-c2cccc(n2)N[C@H]2C[C@@H](C1=O)N(c1ncnc3c1cnn3-c1ccc(F)cc1F)C2. The van der Waals surface area contributed by atoms with Gasteiger partial charge in [-0.15, -0.1) is 0 Å². The van der Waals surface area contributed by atoms with Crippen molar-refractivity contribution >= 4 is 49.6 Å². The maximum absolute atomic E-state index is 14.9. The molecule has 2 atom stereocenters. The molecule has 1 amide bonds. The van der Waals surface area contributed by atoms with Crippen molar-refractivity contribution in [3.8, 4) is 16.9 Å². The molecule has 2 saturated heterocycles. The van der Waals surface area contributed by atoms with Crippen LogP contribution in [0.1, 0.15) is 18.7 Å². The molecule has 4 aromatic heterocycles. The van der Waals surface area contributed by atoms with Gasteiger partial charge in [0, 0.05) is 83.5 Å². The molecule has 15 nitrogen and oxygen atoms in total. The molecule has 2 fully saturated rings. The molecule has 3 aliphatic heterocycles. The number of imidazole rings is 1. The summed E-state index contributed by atoms with van der Waals surface area (Å²) in [5.41, 5.74) is 3.99. The van der Waals surface area contributed by atoms with Crippen molar-refractivity contribution in [2.24, 2.45) is 0 Å². The number of aromatic nitrogens is 7. The topological polar surface area (TPSA) is 151 Å². The minimum atomic E-state index is -3.22. The molecule has 296 valence electrons.